The van der Waals surface area contributed by atoms with E-state index in [1.165, 1.54) is 0 Å². The van der Waals surface area contributed by atoms with Gasteiger partial charge in [-0.15, -0.1) is 0 Å². The molecule has 0 aliphatic rings. The highest BCUT2D eigenvalue weighted by molar-refractivity contribution is 5.81. The highest BCUT2D eigenvalue weighted by Crippen LogP contribution is 2.16. The van der Waals surface area contributed by atoms with Gasteiger partial charge in [-0.05, 0) is 45.2 Å². The molecule has 0 saturated carbocycles. The SMILES string of the molecule is CC(C)OC(=O)[C@H](CCCCN)N(Cc1ccccc1)C(=O)O. The van der Waals surface area contributed by atoms with Crippen molar-refractivity contribution >= 4 is 12.1 Å². The molecular formula is C17H26N2O4. The monoisotopic (exact) mass is 322 g/mol. The maximum absolute atomic E-state index is 12.3. The summed E-state index contributed by atoms with van der Waals surface area (Å²) in [6.07, 6.45) is 0.401. The zero-order chi connectivity index (χ0) is 17.2. The lowest BCUT2D eigenvalue weighted by Gasteiger charge is -2.28. The third-order valence-electron chi connectivity index (χ3n) is 3.37. The number of carboxylic acid groups (broad SMARTS) is 1. The van der Waals surface area contributed by atoms with Crippen LogP contribution in [0, 0.1) is 0 Å². The maximum Gasteiger partial charge on any atom is 0.408 e. The summed E-state index contributed by atoms with van der Waals surface area (Å²) < 4.78 is 5.24. The number of ether oxygens (including phenoxy) is 1. The molecule has 1 aromatic rings. The lowest BCUT2D eigenvalue weighted by molar-refractivity contribution is -0.153. The molecule has 0 heterocycles. The Morgan fingerprint density at radius 3 is 2.39 bits per heavy atom. The minimum absolute atomic E-state index is 0.149. The largest absolute Gasteiger partial charge is 0.465 e. The summed E-state index contributed by atoms with van der Waals surface area (Å²) in [6, 6.07) is 8.39. The molecule has 1 rings (SSSR count). The molecule has 0 radical (unpaired) electrons. The molecule has 0 bridgehead atoms. The Balaban J connectivity index is 2.91. The summed E-state index contributed by atoms with van der Waals surface area (Å²) in [7, 11) is 0. The fraction of sp³-hybridized carbons (Fsp3) is 0.529. The molecule has 23 heavy (non-hydrogen) atoms. The second kappa shape index (κ2) is 9.84. The van der Waals surface area contributed by atoms with Gasteiger partial charge in [0.1, 0.15) is 6.04 Å². The van der Waals surface area contributed by atoms with Crippen molar-refractivity contribution in [3.05, 3.63) is 35.9 Å². The number of esters is 1. The second-order valence-electron chi connectivity index (χ2n) is 5.68. The van der Waals surface area contributed by atoms with Crippen LogP contribution >= 0.6 is 0 Å². The number of carbonyl (C=O) groups is 2. The molecule has 6 heteroatoms. The first-order valence-corrected chi connectivity index (χ1v) is 7.89. The first-order chi connectivity index (χ1) is 11.0. The van der Waals surface area contributed by atoms with Crippen LogP contribution in [0.15, 0.2) is 30.3 Å². The van der Waals surface area contributed by atoms with Crippen molar-refractivity contribution in [3.63, 3.8) is 0 Å². The van der Waals surface area contributed by atoms with Gasteiger partial charge in [-0.25, -0.2) is 9.59 Å². The van der Waals surface area contributed by atoms with E-state index in [1.54, 1.807) is 13.8 Å². The maximum atomic E-state index is 12.3. The molecule has 1 atom stereocenters. The molecule has 1 amide bonds. The predicted octanol–water partition coefficient (Wildman–Crippen LogP) is 2.62. The highest BCUT2D eigenvalue weighted by atomic mass is 16.5. The Morgan fingerprint density at radius 1 is 1.22 bits per heavy atom. The first-order valence-electron chi connectivity index (χ1n) is 7.89. The quantitative estimate of drug-likeness (QED) is 0.538. The number of amides is 1. The van der Waals surface area contributed by atoms with Gasteiger partial charge in [-0.2, -0.15) is 0 Å². The van der Waals surface area contributed by atoms with Crippen molar-refractivity contribution in [2.75, 3.05) is 6.54 Å². The van der Waals surface area contributed by atoms with Crippen LogP contribution in [0.1, 0.15) is 38.7 Å². The molecule has 1 aromatic carbocycles. The molecule has 0 aromatic heterocycles. The summed E-state index contributed by atoms with van der Waals surface area (Å²) in [4.78, 5) is 25.1. The minimum Gasteiger partial charge on any atom is -0.465 e. The molecule has 0 saturated heterocycles. The Bertz CT molecular complexity index is 491. The van der Waals surface area contributed by atoms with Crippen molar-refractivity contribution in [3.8, 4) is 0 Å². The van der Waals surface area contributed by atoms with Crippen LogP contribution in [0.2, 0.25) is 0 Å². The van der Waals surface area contributed by atoms with Gasteiger partial charge in [0.05, 0.1) is 6.10 Å². The number of unbranched alkanes of at least 4 members (excludes halogenated alkanes) is 1. The van der Waals surface area contributed by atoms with Gasteiger partial charge in [-0.1, -0.05) is 30.3 Å². The summed E-state index contributed by atoms with van der Waals surface area (Å²) in [6.45, 7) is 4.16. The number of carbonyl (C=O) groups excluding carboxylic acids is 1. The summed E-state index contributed by atoms with van der Waals surface area (Å²) in [5.41, 5.74) is 6.31. The molecule has 6 nitrogen and oxygen atoms in total. The number of nitrogens with two attached hydrogens (primary N) is 1. The Kier molecular flexibility index (Phi) is 8.11. The third-order valence-corrected chi connectivity index (χ3v) is 3.37. The second-order valence-corrected chi connectivity index (χ2v) is 5.68. The van der Waals surface area contributed by atoms with Crippen LogP contribution in [-0.2, 0) is 16.1 Å². The van der Waals surface area contributed by atoms with Gasteiger partial charge in [-0.3, -0.25) is 4.90 Å². The van der Waals surface area contributed by atoms with Gasteiger partial charge in [0.2, 0.25) is 0 Å². The van der Waals surface area contributed by atoms with E-state index in [2.05, 4.69) is 0 Å². The van der Waals surface area contributed by atoms with E-state index < -0.39 is 18.1 Å². The normalized spacial score (nSPS) is 12.0. The smallest absolute Gasteiger partial charge is 0.408 e. The number of hydrogen-bond donors (Lipinski definition) is 2. The van der Waals surface area contributed by atoms with Crippen LogP contribution in [0.5, 0.6) is 0 Å². The molecular weight excluding hydrogens is 296 g/mol. The summed E-state index contributed by atoms with van der Waals surface area (Å²) >= 11 is 0. The molecule has 3 N–H and O–H groups in total. The number of rotatable bonds is 9. The van der Waals surface area contributed by atoms with Gasteiger partial charge in [0.25, 0.3) is 0 Å². The summed E-state index contributed by atoms with van der Waals surface area (Å²) in [5, 5.41) is 9.54. The van der Waals surface area contributed by atoms with E-state index in [9.17, 15) is 14.7 Å². The average molecular weight is 322 g/mol. The average Bonchev–Trinajstić information content (AvgIpc) is 2.50. The lowest BCUT2D eigenvalue weighted by Crippen LogP contribution is -2.45. The van der Waals surface area contributed by atoms with Crippen LogP contribution in [-0.4, -0.2) is 40.8 Å². The lowest BCUT2D eigenvalue weighted by atomic mass is 10.1. The standard InChI is InChI=1S/C17H26N2O4/c1-13(2)23-16(20)15(10-6-7-11-18)19(17(21)22)12-14-8-4-3-5-9-14/h3-5,8-9,13,15H,6-7,10-12,18H2,1-2H3,(H,21,22)/t15-/m0/s1. The van der Waals surface area contributed by atoms with Crippen molar-refractivity contribution < 1.29 is 19.4 Å². The number of hydrogen-bond acceptors (Lipinski definition) is 4. The zero-order valence-corrected chi connectivity index (χ0v) is 13.8. The fourth-order valence-corrected chi connectivity index (χ4v) is 2.29. The molecule has 0 aliphatic heterocycles. The van der Waals surface area contributed by atoms with Crippen LogP contribution in [0.3, 0.4) is 0 Å². The van der Waals surface area contributed by atoms with E-state index in [-0.39, 0.29) is 12.6 Å². The van der Waals surface area contributed by atoms with Crippen LogP contribution in [0.4, 0.5) is 4.79 Å². The van der Waals surface area contributed by atoms with E-state index in [4.69, 9.17) is 10.5 Å². The molecule has 0 spiro atoms. The van der Waals surface area contributed by atoms with E-state index >= 15 is 0 Å². The predicted molar refractivity (Wildman–Crippen MR) is 87.9 cm³/mol. The van der Waals surface area contributed by atoms with Gasteiger partial charge in [0, 0.05) is 6.54 Å². The van der Waals surface area contributed by atoms with Crippen molar-refractivity contribution in [2.45, 2.75) is 51.8 Å². The van der Waals surface area contributed by atoms with Gasteiger partial charge < -0.3 is 15.6 Å². The molecule has 0 fully saturated rings. The highest BCUT2D eigenvalue weighted by Gasteiger charge is 2.31. The summed E-state index contributed by atoms with van der Waals surface area (Å²) in [5.74, 6) is -0.504. The molecule has 0 unspecified atom stereocenters. The van der Waals surface area contributed by atoms with Crippen molar-refractivity contribution in [1.29, 1.82) is 0 Å². The van der Waals surface area contributed by atoms with Gasteiger partial charge in [0.15, 0.2) is 0 Å². The number of benzene rings is 1. The first kappa shape index (κ1) is 19.0. The Morgan fingerprint density at radius 2 is 1.87 bits per heavy atom. The molecule has 128 valence electrons. The van der Waals surface area contributed by atoms with Crippen LogP contribution < -0.4 is 5.73 Å². The topological polar surface area (TPSA) is 92.9 Å². The fourth-order valence-electron chi connectivity index (χ4n) is 2.29. The molecule has 0 aliphatic carbocycles. The van der Waals surface area contributed by atoms with E-state index in [1.807, 2.05) is 30.3 Å². The minimum atomic E-state index is -1.13. The Hall–Kier alpha value is -2.08. The van der Waals surface area contributed by atoms with Crippen molar-refractivity contribution in [2.24, 2.45) is 5.73 Å². The zero-order valence-electron chi connectivity index (χ0n) is 13.8. The van der Waals surface area contributed by atoms with Crippen LogP contribution in [0.25, 0.3) is 0 Å². The van der Waals surface area contributed by atoms with E-state index in [0.717, 1.165) is 16.9 Å². The van der Waals surface area contributed by atoms with E-state index in [0.29, 0.717) is 19.4 Å². The van der Waals surface area contributed by atoms with Gasteiger partial charge >= 0.3 is 12.1 Å². The number of nitrogens with zero attached hydrogens (tertiary/aromatic N) is 1. The Labute approximate surface area is 137 Å². The third kappa shape index (κ3) is 6.69. The van der Waals surface area contributed by atoms with Crippen molar-refractivity contribution in [1.82, 2.24) is 4.90 Å².